The van der Waals surface area contributed by atoms with Gasteiger partial charge in [-0.2, -0.15) is 0 Å². The topological polar surface area (TPSA) is 14.7 Å². The summed E-state index contributed by atoms with van der Waals surface area (Å²) in [6, 6.07) is 143. The molecule has 0 saturated carbocycles. The highest BCUT2D eigenvalue weighted by atomic mass is 32.2. The summed E-state index contributed by atoms with van der Waals surface area (Å²) in [6.45, 7) is 4.53. The lowest BCUT2D eigenvalue weighted by Crippen LogP contribution is -2.62. The van der Waals surface area contributed by atoms with Crippen LogP contribution in [-0.4, -0.2) is 18.3 Å². The van der Waals surface area contributed by atoms with Gasteiger partial charge in [0.2, 0.25) is 0 Å². The Bertz CT molecular complexity index is 7940. The molecule has 0 bridgehead atoms. The summed E-state index contributed by atoms with van der Waals surface area (Å²) in [5.41, 5.74) is 39.5. The third-order valence-corrected chi connectivity index (χ3v) is 33.0. The van der Waals surface area contributed by atoms with E-state index in [-0.39, 0.29) is 19.1 Å². The van der Waals surface area contributed by atoms with E-state index in [0.717, 1.165) is 17.1 Å². The van der Waals surface area contributed by atoms with Crippen LogP contribution in [0.25, 0.3) is 137 Å². The van der Waals surface area contributed by atoms with Gasteiger partial charge in [0, 0.05) is 138 Å². The molecule has 27 rings (SSSR count). The van der Waals surface area contributed by atoms with E-state index < -0.39 is 0 Å². The maximum atomic E-state index is 2.73. The van der Waals surface area contributed by atoms with Crippen molar-refractivity contribution in [2.24, 2.45) is 0 Å². The van der Waals surface area contributed by atoms with Crippen LogP contribution in [0, 0.1) is 0 Å². The Labute approximate surface area is 729 Å². The quantitative estimate of drug-likeness (QED) is 0.139. The van der Waals surface area contributed by atoms with Crippen LogP contribution >= 0.6 is 58.4 Å². The molecule has 0 spiro atoms. The van der Waals surface area contributed by atoms with Crippen molar-refractivity contribution in [3.05, 3.63) is 387 Å². The minimum absolute atomic E-state index is 0.152. The van der Waals surface area contributed by atoms with Crippen molar-refractivity contribution in [3.63, 3.8) is 0 Å². The summed E-state index contributed by atoms with van der Waals surface area (Å²) in [6.07, 6.45) is 0. The Hall–Kier alpha value is -13.1. The van der Waals surface area contributed by atoms with Gasteiger partial charge in [0.15, 0.2) is 0 Å². The zero-order valence-electron chi connectivity index (χ0n) is 66.3. The van der Waals surface area contributed by atoms with Crippen molar-refractivity contribution in [1.29, 1.82) is 0 Å². The summed E-state index contributed by atoms with van der Waals surface area (Å²) >= 11 is 9.58. The number of anilines is 7. The number of fused-ring (bicyclic) bond motifs is 23. The molecule has 0 unspecified atom stereocenters. The van der Waals surface area contributed by atoms with Gasteiger partial charge in [0.25, 0.3) is 0 Å². The Morgan fingerprint density at radius 1 is 0.279 bits per heavy atom. The van der Waals surface area contributed by atoms with Crippen LogP contribution in [-0.2, 0) is 5.41 Å². The van der Waals surface area contributed by atoms with Gasteiger partial charge in [-0.15, -0.1) is 11.3 Å². The van der Waals surface area contributed by atoms with E-state index in [1.54, 1.807) is 0 Å². The van der Waals surface area contributed by atoms with Crippen LogP contribution in [0.5, 0.6) is 0 Å². The van der Waals surface area contributed by atoms with Gasteiger partial charge in [-0.1, -0.05) is 304 Å². The SMILES string of the molecule is CC1(C)c2ccccc2-c2cc3c4c(c21)N(c1ccccc1)c1ccccc1B4N(c1ccc(-c2cccc(-c4ccc5c(c4)sc4c6c7c(cc45)-n4c5ccc(-c8ccccc8)cc5c5cc(-c8ccccc8)cc(c54)B7N(c4ccc(-c5ccccc5)cc4)c4cc5c(cc4-6)Sc4ccccc4S5)c2)cc1)c1cc2c(cc1-3)Sc1ccccc1S2. The molecule has 11 heteroatoms. The summed E-state index contributed by atoms with van der Waals surface area (Å²) in [7, 11) is 0. The van der Waals surface area contributed by atoms with Gasteiger partial charge in [-0.25, -0.2) is 0 Å². The van der Waals surface area contributed by atoms with Crippen molar-refractivity contribution in [2.75, 3.05) is 14.5 Å². The monoisotopic (exact) mass is 1640 g/mol. The van der Waals surface area contributed by atoms with Crippen LogP contribution in [0.15, 0.2) is 415 Å². The lowest BCUT2D eigenvalue weighted by atomic mass is 9.43. The first-order valence-electron chi connectivity index (χ1n) is 42.0. The second-order valence-electron chi connectivity index (χ2n) is 33.7. The number of para-hydroxylation sites is 2. The Balaban J connectivity index is 0.631. The lowest BCUT2D eigenvalue weighted by molar-refractivity contribution is 0.661. The third-order valence-electron chi connectivity index (χ3n) is 26.8. The summed E-state index contributed by atoms with van der Waals surface area (Å²) in [5.74, 6) is 0. The molecule has 0 N–H and O–H groups in total. The van der Waals surface area contributed by atoms with E-state index in [1.165, 1.54) is 232 Å². The fourth-order valence-electron chi connectivity index (χ4n) is 21.4. The van der Waals surface area contributed by atoms with Gasteiger partial charge >= 0.3 is 13.7 Å². The molecule has 122 heavy (non-hydrogen) atoms. The standard InChI is InChI=1S/C111H68B2N4S5/c1-111(2)87-35-16-15-34-78(87)82-59-83-81-61-100-102(120-97-40-21-19-38-95(97)118-100)63-92(81)116(112-88-36-17-18-37-91(88)114(75-32-13-6-14-33-75)109(105(82)111)106(83)112)76-50-44-69(45-51-76)70-30-23-31-71(54-70)73-46-52-79-85-60-94-107-104(110(85)122-99(79)58-73)86-62-101-103(121-98-41-22-20-39-96(98)119-101)64-93(86)117(77-48-42-68(43-49-77)65-24-7-3-8-25-65)113(107)89-57-74(67-28-11-5-12-29-67)56-84-80-55-72(66-26-9-4-10-27-66)47-53-90(80)115(94)108(84)89/h3-64H,1-2H3. The predicted octanol–water partition coefficient (Wildman–Crippen LogP) is 29.0. The van der Waals surface area contributed by atoms with Crippen molar-refractivity contribution >= 4 is 176 Å². The maximum Gasteiger partial charge on any atom is 0.333 e. The molecule has 0 saturated heterocycles. The van der Waals surface area contributed by atoms with Gasteiger partial charge in [-0.05, 0) is 239 Å². The molecule has 1 aliphatic carbocycles. The third kappa shape index (κ3) is 10.2. The van der Waals surface area contributed by atoms with Crippen LogP contribution < -0.4 is 36.4 Å². The molecule has 0 atom stereocenters. The Morgan fingerprint density at radius 3 is 1.43 bits per heavy atom. The van der Waals surface area contributed by atoms with Gasteiger partial charge in [-0.3, -0.25) is 0 Å². The molecule has 0 radical (unpaired) electrons. The van der Waals surface area contributed by atoms with E-state index in [0.29, 0.717) is 0 Å². The van der Waals surface area contributed by atoms with Crippen molar-refractivity contribution in [2.45, 2.75) is 58.4 Å². The molecule has 2 aromatic heterocycles. The molecular weight excluding hydrogens is 1570 g/mol. The summed E-state index contributed by atoms with van der Waals surface area (Å²) in [5, 5.41) is 5.04. The normalized spacial score (nSPS) is 14.2. The average molecular weight is 1640 g/mol. The summed E-state index contributed by atoms with van der Waals surface area (Å²) in [4.78, 5) is 18.4. The van der Waals surface area contributed by atoms with Crippen LogP contribution in [0.3, 0.4) is 0 Å². The van der Waals surface area contributed by atoms with Crippen LogP contribution in [0.4, 0.5) is 39.8 Å². The van der Waals surface area contributed by atoms with E-state index in [4.69, 9.17) is 0 Å². The number of hydrogen-bond acceptors (Lipinski definition) is 8. The number of thiophene rings is 1. The number of aromatic nitrogens is 1. The lowest BCUT2D eigenvalue weighted by Gasteiger charge is -2.47. The largest absolute Gasteiger partial charge is 0.376 e. The zero-order valence-corrected chi connectivity index (χ0v) is 70.4. The second kappa shape index (κ2) is 26.5. The van der Waals surface area contributed by atoms with E-state index in [2.05, 4.69) is 409 Å². The first-order chi connectivity index (χ1) is 60.2. The molecule has 0 fully saturated rings. The molecule has 20 aromatic rings. The first kappa shape index (κ1) is 69.7. The highest BCUT2D eigenvalue weighted by molar-refractivity contribution is 8.05. The van der Waals surface area contributed by atoms with Gasteiger partial charge < -0.3 is 19.1 Å². The fourth-order valence-corrected chi connectivity index (χ4v) is 27.2. The highest BCUT2D eigenvalue weighted by Crippen LogP contribution is 2.62. The fraction of sp³-hybridized carbons (Fsp3) is 0.0270. The predicted molar refractivity (Wildman–Crippen MR) is 521 cm³/mol. The van der Waals surface area contributed by atoms with E-state index in [1.807, 2.05) is 58.4 Å². The number of nitrogens with zero attached hydrogens (tertiary/aromatic N) is 4. The van der Waals surface area contributed by atoms with Crippen LogP contribution in [0.1, 0.15) is 25.0 Å². The smallest absolute Gasteiger partial charge is 0.333 e. The molecule has 568 valence electrons. The zero-order chi connectivity index (χ0) is 79.9. The van der Waals surface area contributed by atoms with Crippen molar-refractivity contribution in [3.8, 4) is 94.7 Å². The number of hydrogen-bond donors (Lipinski definition) is 0. The highest BCUT2D eigenvalue weighted by Gasteiger charge is 2.52. The molecular formula is C111H68B2N4S5. The minimum Gasteiger partial charge on any atom is -0.376 e. The number of rotatable bonds is 8. The van der Waals surface area contributed by atoms with E-state index in [9.17, 15) is 0 Å². The Morgan fingerprint density at radius 2 is 0.770 bits per heavy atom. The van der Waals surface area contributed by atoms with Crippen molar-refractivity contribution < 1.29 is 0 Å². The molecule has 6 aliphatic heterocycles. The van der Waals surface area contributed by atoms with Gasteiger partial charge in [0.05, 0.1) is 11.0 Å². The first-order valence-corrected chi connectivity index (χ1v) is 46.0. The molecule has 18 aromatic carbocycles. The van der Waals surface area contributed by atoms with Crippen molar-refractivity contribution in [1.82, 2.24) is 4.57 Å². The second-order valence-corrected chi connectivity index (χ2v) is 39.1. The average Bonchev–Trinajstić information content (AvgIpc) is 1.38. The molecule has 7 aliphatic rings. The molecule has 4 nitrogen and oxygen atoms in total. The summed E-state index contributed by atoms with van der Waals surface area (Å²) < 4.78 is 5.24. The maximum absolute atomic E-state index is 2.73. The van der Waals surface area contributed by atoms with Crippen LogP contribution in [0.2, 0.25) is 0 Å². The molecule has 8 heterocycles. The van der Waals surface area contributed by atoms with E-state index >= 15 is 0 Å². The minimum atomic E-state index is -0.290. The molecule has 0 amide bonds. The number of benzene rings is 18. The van der Waals surface area contributed by atoms with Gasteiger partial charge in [0.1, 0.15) is 0 Å². The Kier molecular flexibility index (Phi) is 15.1.